The van der Waals surface area contributed by atoms with Crippen molar-refractivity contribution in [2.24, 2.45) is 0 Å². The quantitative estimate of drug-likeness (QED) is 0.563. The van der Waals surface area contributed by atoms with E-state index in [1.54, 1.807) is 61.5 Å². The van der Waals surface area contributed by atoms with Crippen LogP contribution in [0, 0.1) is 13.8 Å². The Bertz CT molecular complexity index is 1220. The summed E-state index contributed by atoms with van der Waals surface area (Å²) >= 11 is 0. The molecular formula is C23H22N2O5S. The zero-order chi connectivity index (χ0) is 22.6. The van der Waals surface area contributed by atoms with Gasteiger partial charge in [0.15, 0.2) is 0 Å². The van der Waals surface area contributed by atoms with Gasteiger partial charge in [-0.1, -0.05) is 23.8 Å². The van der Waals surface area contributed by atoms with E-state index in [9.17, 15) is 18.0 Å². The Balaban J connectivity index is 1.80. The summed E-state index contributed by atoms with van der Waals surface area (Å²) in [6, 6.07) is 17.6. The van der Waals surface area contributed by atoms with Crippen LogP contribution < -0.4 is 10.0 Å². The van der Waals surface area contributed by atoms with E-state index in [-0.39, 0.29) is 4.90 Å². The fraction of sp³-hybridized carbons (Fsp3) is 0.130. The van der Waals surface area contributed by atoms with Crippen LogP contribution in [-0.4, -0.2) is 27.4 Å². The third-order valence-electron chi connectivity index (χ3n) is 4.72. The van der Waals surface area contributed by atoms with Gasteiger partial charge in [0.25, 0.3) is 15.9 Å². The molecule has 0 aliphatic rings. The molecule has 2 N–H and O–H groups in total. The van der Waals surface area contributed by atoms with Crippen molar-refractivity contribution in [1.29, 1.82) is 0 Å². The summed E-state index contributed by atoms with van der Waals surface area (Å²) < 4.78 is 32.6. The average molecular weight is 439 g/mol. The third kappa shape index (κ3) is 5.10. The van der Waals surface area contributed by atoms with E-state index in [4.69, 9.17) is 0 Å². The molecule has 3 aromatic carbocycles. The molecule has 8 heteroatoms. The number of carbonyl (C=O) groups excluding carboxylic acids is 2. The highest BCUT2D eigenvalue weighted by atomic mass is 32.2. The Morgan fingerprint density at radius 1 is 0.871 bits per heavy atom. The fourth-order valence-corrected chi connectivity index (χ4v) is 4.04. The average Bonchev–Trinajstić information content (AvgIpc) is 2.75. The summed E-state index contributed by atoms with van der Waals surface area (Å²) in [4.78, 5) is 24.4. The molecule has 0 heterocycles. The van der Waals surface area contributed by atoms with Gasteiger partial charge in [0.05, 0.1) is 23.3 Å². The van der Waals surface area contributed by atoms with Gasteiger partial charge in [-0.15, -0.1) is 0 Å². The topological polar surface area (TPSA) is 102 Å². The van der Waals surface area contributed by atoms with Crippen LogP contribution in [0.25, 0.3) is 0 Å². The SMILES string of the molecule is COC(=O)c1ccc(NC(=O)c2cccc(NS(=O)(=O)c3ccc(C)cc3)c2C)cc1. The molecule has 7 nitrogen and oxygen atoms in total. The molecule has 0 aromatic heterocycles. The molecule has 3 aromatic rings. The predicted octanol–water partition coefficient (Wildman–Crippen LogP) is 4.14. The first-order chi connectivity index (χ1) is 14.7. The van der Waals surface area contributed by atoms with Crippen molar-refractivity contribution in [3.8, 4) is 0 Å². The van der Waals surface area contributed by atoms with Crippen molar-refractivity contribution >= 4 is 33.3 Å². The van der Waals surface area contributed by atoms with Crippen LogP contribution in [0.1, 0.15) is 31.8 Å². The van der Waals surface area contributed by atoms with Gasteiger partial charge in [0.1, 0.15) is 0 Å². The van der Waals surface area contributed by atoms with Crippen LogP contribution in [0.5, 0.6) is 0 Å². The van der Waals surface area contributed by atoms with Gasteiger partial charge in [0.2, 0.25) is 0 Å². The maximum Gasteiger partial charge on any atom is 0.337 e. The Morgan fingerprint density at radius 2 is 1.52 bits per heavy atom. The van der Waals surface area contributed by atoms with Gasteiger partial charge in [0, 0.05) is 11.3 Å². The predicted molar refractivity (Wildman–Crippen MR) is 119 cm³/mol. The van der Waals surface area contributed by atoms with Crippen LogP contribution in [-0.2, 0) is 14.8 Å². The second kappa shape index (κ2) is 9.01. The van der Waals surface area contributed by atoms with Crippen molar-refractivity contribution in [3.05, 3.63) is 89.0 Å². The van der Waals surface area contributed by atoms with Crippen LogP contribution in [0.15, 0.2) is 71.6 Å². The summed E-state index contributed by atoms with van der Waals surface area (Å²) in [6.07, 6.45) is 0. The highest BCUT2D eigenvalue weighted by Gasteiger charge is 2.18. The van der Waals surface area contributed by atoms with Gasteiger partial charge in [-0.2, -0.15) is 0 Å². The van der Waals surface area contributed by atoms with Gasteiger partial charge >= 0.3 is 5.97 Å². The molecule has 0 radical (unpaired) electrons. The molecule has 0 aliphatic heterocycles. The van der Waals surface area contributed by atoms with E-state index in [0.717, 1.165) is 5.56 Å². The van der Waals surface area contributed by atoms with Crippen molar-refractivity contribution in [3.63, 3.8) is 0 Å². The zero-order valence-corrected chi connectivity index (χ0v) is 18.1. The number of sulfonamides is 1. The lowest BCUT2D eigenvalue weighted by molar-refractivity contribution is 0.0600. The molecular weight excluding hydrogens is 416 g/mol. The lowest BCUT2D eigenvalue weighted by atomic mass is 10.1. The largest absolute Gasteiger partial charge is 0.465 e. The molecule has 0 aliphatic carbocycles. The second-order valence-corrected chi connectivity index (χ2v) is 8.60. The van der Waals surface area contributed by atoms with Crippen molar-refractivity contribution in [2.45, 2.75) is 18.7 Å². The van der Waals surface area contributed by atoms with Crippen molar-refractivity contribution < 1.29 is 22.7 Å². The van der Waals surface area contributed by atoms with E-state index in [0.29, 0.717) is 28.1 Å². The fourth-order valence-electron chi connectivity index (χ4n) is 2.92. The Labute approximate surface area is 181 Å². The maximum atomic E-state index is 12.8. The molecule has 0 saturated heterocycles. The third-order valence-corrected chi connectivity index (χ3v) is 6.10. The number of methoxy groups -OCH3 is 1. The van der Waals surface area contributed by atoms with Crippen molar-refractivity contribution in [2.75, 3.05) is 17.1 Å². The highest BCUT2D eigenvalue weighted by molar-refractivity contribution is 7.92. The minimum atomic E-state index is -3.79. The van der Waals surface area contributed by atoms with E-state index in [2.05, 4.69) is 14.8 Å². The smallest absolute Gasteiger partial charge is 0.337 e. The first-order valence-corrected chi connectivity index (χ1v) is 10.9. The number of benzene rings is 3. The number of esters is 1. The van der Waals surface area contributed by atoms with Crippen LogP contribution >= 0.6 is 0 Å². The summed E-state index contributed by atoms with van der Waals surface area (Å²) in [5.74, 6) is -0.873. The van der Waals surface area contributed by atoms with Gasteiger partial charge in [-0.25, -0.2) is 13.2 Å². The standard InChI is InChI=1S/C23H22N2O5S/c1-15-7-13-19(14-8-15)31(28,29)25-21-6-4-5-20(16(21)2)22(26)24-18-11-9-17(10-12-18)23(27)30-3/h4-14,25H,1-3H3,(H,24,26). The van der Waals surface area contributed by atoms with Crippen LogP contribution in [0.4, 0.5) is 11.4 Å². The number of nitrogens with one attached hydrogen (secondary N) is 2. The van der Waals surface area contributed by atoms with Gasteiger partial charge in [-0.05, 0) is 67.9 Å². The number of anilines is 2. The molecule has 0 fully saturated rings. The lowest BCUT2D eigenvalue weighted by Gasteiger charge is -2.14. The van der Waals surface area contributed by atoms with E-state index in [1.165, 1.54) is 19.2 Å². The minimum absolute atomic E-state index is 0.137. The monoisotopic (exact) mass is 438 g/mol. The first kappa shape index (κ1) is 22.0. The first-order valence-electron chi connectivity index (χ1n) is 9.40. The lowest BCUT2D eigenvalue weighted by Crippen LogP contribution is -2.17. The number of hydrogen-bond acceptors (Lipinski definition) is 5. The molecule has 1 amide bonds. The maximum absolute atomic E-state index is 12.8. The van der Waals surface area contributed by atoms with E-state index in [1.807, 2.05) is 6.92 Å². The van der Waals surface area contributed by atoms with Crippen LogP contribution in [0.2, 0.25) is 0 Å². The number of ether oxygens (including phenoxy) is 1. The highest BCUT2D eigenvalue weighted by Crippen LogP contribution is 2.24. The van der Waals surface area contributed by atoms with E-state index < -0.39 is 21.9 Å². The van der Waals surface area contributed by atoms with Crippen molar-refractivity contribution in [1.82, 2.24) is 0 Å². The Kier molecular flexibility index (Phi) is 6.41. The summed E-state index contributed by atoms with van der Waals surface area (Å²) in [5, 5.41) is 2.74. The molecule has 0 spiro atoms. The molecule has 0 bridgehead atoms. The number of amides is 1. The number of hydrogen-bond donors (Lipinski definition) is 2. The number of rotatable bonds is 6. The Morgan fingerprint density at radius 3 is 2.13 bits per heavy atom. The van der Waals surface area contributed by atoms with Gasteiger partial charge in [-0.3, -0.25) is 9.52 Å². The molecule has 160 valence electrons. The summed E-state index contributed by atoms with van der Waals surface area (Å²) in [6.45, 7) is 3.54. The van der Waals surface area contributed by atoms with Crippen LogP contribution in [0.3, 0.4) is 0 Å². The Hall–Kier alpha value is -3.65. The number of aryl methyl sites for hydroxylation is 1. The minimum Gasteiger partial charge on any atom is -0.465 e. The molecule has 0 atom stereocenters. The van der Waals surface area contributed by atoms with Gasteiger partial charge < -0.3 is 10.1 Å². The van der Waals surface area contributed by atoms with E-state index >= 15 is 0 Å². The summed E-state index contributed by atoms with van der Waals surface area (Å²) in [5.41, 5.74) is 2.93. The molecule has 0 unspecified atom stereocenters. The molecule has 0 saturated carbocycles. The summed E-state index contributed by atoms with van der Waals surface area (Å²) in [7, 11) is -2.50. The molecule has 31 heavy (non-hydrogen) atoms. The molecule has 3 rings (SSSR count). The zero-order valence-electron chi connectivity index (χ0n) is 17.3. The normalized spacial score (nSPS) is 10.9. The number of carbonyl (C=O) groups is 2. The second-order valence-electron chi connectivity index (χ2n) is 6.92.